The molecular formula is C15H20N4O. The summed E-state index contributed by atoms with van der Waals surface area (Å²) in [4.78, 5) is 13.8. The first-order valence-electron chi connectivity index (χ1n) is 6.94. The Hall–Kier alpha value is -2.06. The molecule has 1 unspecified atom stereocenters. The average molecular weight is 272 g/mol. The van der Waals surface area contributed by atoms with E-state index < -0.39 is 0 Å². The molecule has 2 N–H and O–H groups in total. The molecule has 0 aromatic heterocycles. The minimum absolute atomic E-state index is 0.146. The Labute approximate surface area is 119 Å². The number of nitrogens with one attached hydrogen (secondary N) is 2. The second-order valence-electron chi connectivity index (χ2n) is 5.15. The molecule has 1 saturated heterocycles. The van der Waals surface area contributed by atoms with Crippen molar-refractivity contribution in [3.8, 4) is 6.07 Å². The van der Waals surface area contributed by atoms with Crippen LogP contribution in [0.25, 0.3) is 0 Å². The van der Waals surface area contributed by atoms with Crippen molar-refractivity contribution in [1.82, 2.24) is 10.2 Å². The predicted octanol–water partition coefficient (Wildman–Crippen LogP) is 2.16. The molecule has 0 saturated carbocycles. The number of benzene rings is 1. The van der Waals surface area contributed by atoms with Gasteiger partial charge in [-0.3, -0.25) is 0 Å². The Morgan fingerprint density at radius 1 is 1.55 bits per heavy atom. The lowest BCUT2D eigenvalue weighted by Gasteiger charge is -2.28. The maximum absolute atomic E-state index is 12.1. The maximum atomic E-state index is 12.1. The van der Waals surface area contributed by atoms with E-state index in [-0.39, 0.29) is 6.03 Å². The molecule has 1 heterocycles. The van der Waals surface area contributed by atoms with Crippen molar-refractivity contribution in [2.75, 3.05) is 25.5 Å². The van der Waals surface area contributed by atoms with Crippen LogP contribution in [0.3, 0.4) is 0 Å². The summed E-state index contributed by atoms with van der Waals surface area (Å²) >= 11 is 0. The van der Waals surface area contributed by atoms with E-state index in [1.165, 1.54) is 12.8 Å². The summed E-state index contributed by atoms with van der Waals surface area (Å²) in [6, 6.07) is 9.22. The normalized spacial score (nSPS) is 18.1. The molecule has 1 aliphatic rings. The van der Waals surface area contributed by atoms with Crippen molar-refractivity contribution in [2.24, 2.45) is 0 Å². The molecule has 0 aliphatic carbocycles. The van der Waals surface area contributed by atoms with Crippen molar-refractivity contribution in [2.45, 2.75) is 25.3 Å². The third-order valence-electron chi connectivity index (χ3n) is 3.50. The molecule has 20 heavy (non-hydrogen) atoms. The first kappa shape index (κ1) is 14.4. The molecular weight excluding hydrogens is 252 g/mol. The third kappa shape index (κ3) is 3.97. The number of carbonyl (C=O) groups excluding carboxylic acids is 1. The van der Waals surface area contributed by atoms with Crippen LogP contribution in [0, 0.1) is 11.3 Å². The summed E-state index contributed by atoms with van der Waals surface area (Å²) in [5.41, 5.74) is 1.19. The van der Waals surface area contributed by atoms with E-state index in [4.69, 9.17) is 5.26 Å². The van der Waals surface area contributed by atoms with Gasteiger partial charge in [-0.2, -0.15) is 5.26 Å². The number of rotatable bonds is 3. The summed E-state index contributed by atoms with van der Waals surface area (Å²) in [5, 5.41) is 15.1. The van der Waals surface area contributed by atoms with E-state index in [1.807, 2.05) is 0 Å². The summed E-state index contributed by atoms with van der Waals surface area (Å²) < 4.78 is 0. The average Bonchev–Trinajstić information content (AvgIpc) is 2.48. The minimum atomic E-state index is -0.146. The van der Waals surface area contributed by atoms with E-state index in [0.717, 1.165) is 13.0 Å². The Kier molecular flexibility index (Phi) is 4.97. The molecule has 2 rings (SSSR count). The number of anilines is 1. The number of piperidine rings is 1. The number of nitrogens with zero attached hydrogens (tertiary/aromatic N) is 2. The molecule has 0 spiro atoms. The molecule has 106 valence electrons. The lowest BCUT2D eigenvalue weighted by molar-refractivity contribution is 0.212. The Morgan fingerprint density at radius 3 is 3.10 bits per heavy atom. The van der Waals surface area contributed by atoms with Gasteiger partial charge in [0.25, 0.3) is 0 Å². The first-order valence-corrected chi connectivity index (χ1v) is 6.94. The van der Waals surface area contributed by atoms with E-state index in [0.29, 0.717) is 23.8 Å². The lowest BCUT2D eigenvalue weighted by Crippen LogP contribution is -2.45. The van der Waals surface area contributed by atoms with Crippen molar-refractivity contribution in [3.63, 3.8) is 0 Å². The zero-order valence-electron chi connectivity index (χ0n) is 11.7. The van der Waals surface area contributed by atoms with Crippen LogP contribution >= 0.6 is 0 Å². The fourth-order valence-electron chi connectivity index (χ4n) is 2.38. The molecule has 1 fully saturated rings. The van der Waals surface area contributed by atoms with E-state index >= 15 is 0 Å². The van der Waals surface area contributed by atoms with E-state index in [2.05, 4.69) is 16.7 Å². The summed E-state index contributed by atoms with van der Waals surface area (Å²) in [5.74, 6) is 0. The van der Waals surface area contributed by atoms with Crippen LogP contribution in [0.1, 0.15) is 24.8 Å². The zero-order valence-corrected chi connectivity index (χ0v) is 11.7. The highest BCUT2D eigenvalue weighted by Crippen LogP contribution is 2.12. The van der Waals surface area contributed by atoms with Crippen LogP contribution in [0.5, 0.6) is 0 Å². The SMILES string of the molecule is CN(CC1CCCCN1)C(=O)Nc1cccc(C#N)c1. The van der Waals surface area contributed by atoms with Crippen LogP contribution in [-0.4, -0.2) is 37.1 Å². The monoisotopic (exact) mass is 272 g/mol. The van der Waals surface area contributed by atoms with E-state index in [1.54, 1.807) is 36.2 Å². The maximum Gasteiger partial charge on any atom is 0.321 e. The molecule has 0 bridgehead atoms. The molecule has 5 heteroatoms. The first-order chi connectivity index (χ1) is 9.69. The number of hydrogen-bond donors (Lipinski definition) is 2. The lowest BCUT2D eigenvalue weighted by atomic mass is 10.0. The molecule has 1 aliphatic heterocycles. The largest absolute Gasteiger partial charge is 0.326 e. The van der Waals surface area contributed by atoms with Crippen LogP contribution in [0.4, 0.5) is 10.5 Å². The predicted molar refractivity (Wildman–Crippen MR) is 78.4 cm³/mol. The molecule has 2 amide bonds. The Balaban J connectivity index is 1.88. The molecule has 0 radical (unpaired) electrons. The Bertz CT molecular complexity index is 503. The molecule has 5 nitrogen and oxygen atoms in total. The van der Waals surface area contributed by atoms with Crippen molar-refractivity contribution in [3.05, 3.63) is 29.8 Å². The highest BCUT2D eigenvalue weighted by Gasteiger charge is 2.17. The summed E-state index contributed by atoms with van der Waals surface area (Å²) in [6.45, 7) is 1.73. The quantitative estimate of drug-likeness (QED) is 0.886. The molecule has 1 atom stereocenters. The van der Waals surface area contributed by atoms with Gasteiger partial charge in [-0.15, -0.1) is 0 Å². The van der Waals surface area contributed by atoms with Crippen molar-refractivity contribution < 1.29 is 4.79 Å². The van der Waals surface area contributed by atoms with Gasteiger partial charge in [-0.25, -0.2) is 4.79 Å². The van der Waals surface area contributed by atoms with E-state index in [9.17, 15) is 4.79 Å². The van der Waals surface area contributed by atoms with Crippen molar-refractivity contribution in [1.29, 1.82) is 5.26 Å². The van der Waals surface area contributed by atoms with Crippen LogP contribution in [0.15, 0.2) is 24.3 Å². The van der Waals surface area contributed by atoms with Gasteiger partial charge in [0.1, 0.15) is 0 Å². The smallest absolute Gasteiger partial charge is 0.321 e. The van der Waals surface area contributed by atoms with Gasteiger partial charge in [0.05, 0.1) is 11.6 Å². The fourth-order valence-corrected chi connectivity index (χ4v) is 2.38. The van der Waals surface area contributed by atoms with Gasteiger partial charge in [0.2, 0.25) is 0 Å². The molecule has 1 aromatic rings. The highest BCUT2D eigenvalue weighted by atomic mass is 16.2. The standard InChI is InChI=1S/C15H20N4O/c1-19(11-14-6-2-3-8-17-14)15(20)18-13-7-4-5-12(9-13)10-16/h4-5,7,9,14,17H,2-3,6,8,11H2,1H3,(H,18,20). The number of hydrogen-bond acceptors (Lipinski definition) is 3. The zero-order chi connectivity index (χ0) is 14.4. The number of carbonyl (C=O) groups is 1. The fraction of sp³-hybridized carbons (Fsp3) is 0.467. The number of amides is 2. The van der Waals surface area contributed by atoms with Crippen LogP contribution < -0.4 is 10.6 Å². The van der Waals surface area contributed by atoms with Crippen LogP contribution in [-0.2, 0) is 0 Å². The van der Waals surface area contributed by atoms with Crippen LogP contribution in [0.2, 0.25) is 0 Å². The summed E-state index contributed by atoms with van der Waals surface area (Å²) in [6.07, 6.45) is 3.55. The summed E-state index contributed by atoms with van der Waals surface area (Å²) in [7, 11) is 1.79. The topological polar surface area (TPSA) is 68.2 Å². The van der Waals surface area contributed by atoms with Gasteiger partial charge in [0.15, 0.2) is 0 Å². The van der Waals surface area contributed by atoms with Crippen molar-refractivity contribution >= 4 is 11.7 Å². The number of urea groups is 1. The van der Waals surface area contributed by atoms with Gasteiger partial charge < -0.3 is 15.5 Å². The third-order valence-corrected chi connectivity index (χ3v) is 3.50. The second-order valence-corrected chi connectivity index (χ2v) is 5.15. The molecule has 1 aromatic carbocycles. The number of likely N-dealkylation sites (N-methyl/N-ethyl adjacent to an activating group) is 1. The number of nitriles is 1. The van der Waals surface area contributed by atoms with Gasteiger partial charge in [0, 0.05) is 25.3 Å². The highest BCUT2D eigenvalue weighted by molar-refractivity contribution is 5.89. The van der Waals surface area contributed by atoms with Gasteiger partial charge in [-0.05, 0) is 37.6 Å². The van der Waals surface area contributed by atoms with Gasteiger partial charge in [-0.1, -0.05) is 12.5 Å². The Morgan fingerprint density at radius 2 is 2.40 bits per heavy atom. The second kappa shape index (κ2) is 6.92. The van der Waals surface area contributed by atoms with Gasteiger partial charge >= 0.3 is 6.03 Å². The minimum Gasteiger partial charge on any atom is -0.326 e.